The summed E-state index contributed by atoms with van der Waals surface area (Å²) < 4.78 is 0. The Morgan fingerprint density at radius 3 is 1.35 bits per heavy atom. The predicted octanol–water partition coefficient (Wildman–Crippen LogP) is 3.78. The van der Waals surface area contributed by atoms with Gasteiger partial charge in [0.15, 0.2) is 0 Å². The SMILES string of the molecule is CCCNCCC.NC(c1ccccc1)C(N)c1ccccc1. The van der Waals surface area contributed by atoms with E-state index in [1.54, 1.807) is 0 Å². The molecule has 2 rings (SSSR count). The summed E-state index contributed by atoms with van der Waals surface area (Å²) in [5.74, 6) is 0. The Hall–Kier alpha value is -1.68. The van der Waals surface area contributed by atoms with E-state index in [9.17, 15) is 0 Å². The first-order chi connectivity index (χ1) is 11.2. The van der Waals surface area contributed by atoms with Gasteiger partial charge in [-0.15, -0.1) is 0 Å². The van der Waals surface area contributed by atoms with Gasteiger partial charge in [0.1, 0.15) is 0 Å². The van der Waals surface area contributed by atoms with Crippen molar-refractivity contribution in [3.8, 4) is 0 Å². The number of rotatable bonds is 7. The van der Waals surface area contributed by atoms with Crippen molar-refractivity contribution in [3.05, 3.63) is 71.8 Å². The molecule has 126 valence electrons. The largest absolute Gasteiger partial charge is 0.322 e. The lowest BCUT2D eigenvalue weighted by Crippen LogP contribution is -2.26. The molecule has 0 aliphatic rings. The lowest BCUT2D eigenvalue weighted by atomic mass is 9.95. The molecular formula is C20H31N3. The van der Waals surface area contributed by atoms with E-state index in [0.717, 1.165) is 11.1 Å². The van der Waals surface area contributed by atoms with Gasteiger partial charge in [0.2, 0.25) is 0 Å². The number of benzene rings is 2. The van der Waals surface area contributed by atoms with Gasteiger partial charge in [0.05, 0.1) is 0 Å². The van der Waals surface area contributed by atoms with Crippen LogP contribution in [0.25, 0.3) is 0 Å². The first-order valence-electron chi connectivity index (χ1n) is 8.52. The van der Waals surface area contributed by atoms with Crippen LogP contribution in [0.1, 0.15) is 49.9 Å². The summed E-state index contributed by atoms with van der Waals surface area (Å²) in [5, 5.41) is 3.28. The normalized spacial score (nSPS) is 12.9. The van der Waals surface area contributed by atoms with Crippen molar-refractivity contribution in [3.63, 3.8) is 0 Å². The minimum Gasteiger partial charge on any atom is -0.322 e. The Morgan fingerprint density at radius 1 is 0.696 bits per heavy atom. The average molecular weight is 313 g/mol. The van der Waals surface area contributed by atoms with Gasteiger partial charge in [-0.1, -0.05) is 74.5 Å². The molecule has 0 bridgehead atoms. The van der Waals surface area contributed by atoms with Crippen molar-refractivity contribution in [1.82, 2.24) is 5.32 Å². The Labute approximate surface area is 141 Å². The van der Waals surface area contributed by atoms with Crippen LogP contribution in [0.4, 0.5) is 0 Å². The maximum Gasteiger partial charge on any atom is 0.0491 e. The molecule has 0 saturated carbocycles. The molecule has 23 heavy (non-hydrogen) atoms. The number of hydrogen-bond acceptors (Lipinski definition) is 3. The summed E-state index contributed by atoms with van der Waals surface area (Å²) in [7, 11) is 0. The molecule has 5 N–H and O–H groups in total. The van der Waals surface area contributed by atoms with Crippen LogP contribution in [0.2, 0.25) is 0 Å². The third-order valence-corrected chi connectivity index (χ3v) is 3.61. The van der Waals surface area contributed by atoms with E-state index < -0.39 is 0 Å². The minimum absolute atomic E-state index is 0.163. The highest BCUT2D eigenvalue weighted by atomic mass is 14.8. The second-order valence-corrected chi connectivity index (χ2v) is 5.62. The molecule has 2 unspecified atom stereocenters. The summed E-state index contributed by atoms with van der Waals surface area (Å²) in [5.41, 5.74) is 14.4. The summed E-state index contributed by atoms with van der Waals surface area (Å²) in [6.45, 7) is 6.72. The Morgan fingerprint density at radius 2 is 1.04 bits per heavy atom. The number of nitrogens with one attached hydrogen (secondary N) is 1. The summed E-state index contributed by atoms with van der Waals surface area (Å²) in [4.78, 5) is 0. The van der Waals surface area contributed by atoms with E-state index in [4.69, 9.17) is 11.5 Å². The van der Waals surface area contributed by atoms with E-state index in [1.165, 1.54) is 25.9 Å². The van der Waals surface area contributed by atoms with Gasteiger partial charge < -0.3 is 16.8 Å². The molecule has 0 radical (unpaired) electrons. The highest BCUT2D eigenvalue weighted by molar-refractivity contribution is 5.26. The molecule has 0 spiro atoms. The molecule has 3 heteroatoms. The molecule has 0 saturated heterocycles. The standard InChI is InChI=1S/C14H16N2.C6H15N/c15-13(11-7-3-1-4-8-11)14(16)12-9-5-2-6-10-12;1-3-5-7-6-4-2/h1-10,13-14H,15-16H2;7H,3-6H2,1-2H3. The molecular weight excluding hydrogens is 282 g/mol. The van der Waals surface area contributed by atoms with Crippen LogP contribution in [0, 0.1) is 0 Å². The van der Waals surface area contributed by atoms with Crippen molar-refractivity contribution in [2.24, 2.45) is 11.5 Å². The smallest absolute Gasteiger partial charge is 0.0491 e. The molecule has 2 aromatic rings. The maximum absolute atomic E-state index is 6.15. The molecule has 0 amide bonds. The summed E-state index contributed by atoms with van der Waals surface area (Å²) in [6, 6.07) is 19.6. The minimum atomic E-state index is -0.163. The van der Waals surface area contributed by atoms with Gasteiger partial charge in [-0.2, -0.15) is 0 Å². The lowest BCUT2D eigenvalue weighted by Gasteiger charge is -2.20. The average Bonchev–Trinajstić information content (AvgIpc) is 2.63. The van der Waals surface area contributed by atoms with Crippen molar-refractivity contribution >= 4 is 0 Å². The molecule has 2 aromatic carbocycles. The van der Waals surface area contributed by atoms with Crippen molar-refractivity contribution < 1.29 is 0 Å². The zero-order valence-corrected chi connectivity index (χ0v) is 14.4. The Kier molecular flexibility index (Phi) is 9.96. The fourth-order valence-electron chi connectivity index (χ4n) is 2.24. The Balaban J connectivity index is 0.000000322. The van der Waals surface area contributed by atoms with Gasteiger partial charge in [0.25, 0.3) is 0 Å². The van der Waals surface area contributed by atoms with Gasteiger partial charge in [-0.25, -0.2) is 0 Å². The first kappa shape index (κ1) is 19.4. The fraction of sp³-hybridized carbons (Fsp3) is 0.400. The summed E-state index contributed by atoms with van der Waals surface area (Å²) in [6.07, 6.45) is 2.50. The molecule has 2 atom stereocenters. The zero-order valence-electron chi connectivity index (χ0n) is 14.4. The third kappa shape index (κ3) is 7.42. The summed E-state index contributed by atoms with van der Waals surface area (Å²) >= 11 is 0. The van der Waals surface area contributed by atoms with Crippen molar-refractivity contribution in [2.75, 3.05) is 13.1 Å². The molecule has 0 heterocycles. The van der Waals surface area contributed by atoms with Gasteiger partial charge in [0, 0.05) is 12.1 Å². The highest BCUT2D eigenvalue weighted by Crippen LogP contribution is 2.23. The molecule has 3 nitrogen and oxygen atoms in total. The van der Waals surface area contributed by atoms with Crippen molar-refractivity contribution in [1.29, 1.82) is 0 Å². The second kappa shape index (κ2) is 11.8. The molecule has 0 aromatic heterocycles. The third-order valence-electron chi connectivity index (χ3n) is 3.61. The van der Waals surface area contributed by atoms with Crippen LogP contribution in [0.3, 0.4) is 0 Å². The van der Waals surface area contributed by atoms with Gasteiger partial charge in [-0.05, 0) is 37.1 Å². The number of hydrogen-bond donors (Lipinski definition) is 3. The van der Waals surface area contributed by atoms with E-state index in [1.807, 2.05) is 60.7 Å². The maximum atomic E-state index is 6.15. The van der Waals surface area contributed by atoms with Gasteiger partial charge >= 0.3 is 0 Å². The van der Waals surface area contributed by atoms with Crippen LogP contribution in [-0.4, -0.2) is 13.1 Å². The highest BCUT2D eigenvalue weighted by Gasteiger charge is 2.16. The zero-order chi connectivity index (χ0) is 16.9. The number of nitrogens with two attached hydrogens (primary N) is 2. The monoisotopic (exact) mass is 313 g/mol. The van der Waals surface area contributed by atoms with E-state index >= 15 is 0 Å². The van der Waals surface area contributed by atoms with E-state index in [2.05, 4.69) is 19.2 Å². The Bertz CT molecular complexity index is 451. The van der Waals surface area contributed by atoms with Crippen LogP contribution in [0.15, 0.2) is 60.7 Å². The molecule has 0 fully saturated rings. The molecule has 0 aliphatic carbocycles. The van der Waals surface area contributed by atoms with Crippen molar-refractivity contribution in [2.45, 2.75) is 38.8 Å². The van der Waals surface area contributed by atoms with Gasteiger partial charge in [-0.3, -0.25) is 0 Å². The molecule has 0 aliphatic heterocycles. The van der Waals surface area contributed by atoms with Crippen LogP contribution >= 0.6 is 0 Å². The second-order valence-electron chi connectivity index (χ2n) is 5.62. The quantitative estimate of drug-likeness (QED) is 0.682. The van der Waals surface area contributed by atoms with E-state index in [0.29, 0.717) is 0 Å². The predicted molar refractivity (Wildman–Crippen MR) is 100 cm³/mol. The van der Waals surface area contributed by atoms with Crippen LogP contribution < -0.4 is 16.8 Å². The van der Waals surface area contributed by atoms with E-state index in [-0.39, 0.29) is 12.1 Å². The first-order valence-corrected chi connectivity index (χ1v) is 8.52. The lowest BCUT2D eigenvalue weighted by molar-refractivity contribution is 0.574. The fourth-order valence-corrected chi connectivity index (χ4v) is 2.24. The van der Waals surface area contributed by atoms with Crippen LogP contribution in [0.5, 0.6) is 0 Å². The topological polar surface area (TPSA) is 64.1 Å². The van der Waals surface area contributed by atoms with Crippen LogP contribution in [-0.2, 0) is 0 Å².